The molecule has 0 aliphatic carbocycles. The quantitative estimate of drug-likeness (QED) is 0.883. The average molecular weight is 353 g/mol. The fraction of sp³-hybridized carbons (Fsp3) is 0.350. The molecule has 1 fully saturated rings. The minimum absolute atomic E-state index is 0.158. The fourth-order valence-electron chi connectivity index (χ4n) is 3.34. The van der Waals surface area contributed by atoms with Crippen LogP contribution in [0.15, 0.2) is 42.6 Å². The molecule has 6 nitrogen and oxygen atoms in total. The van der Waals surface area contributed by atoms with E-state index in [0.29, 0.717) is 18.7 Å². The first-order valence-corrected chi connectivity index (χ1v) is 8.75. The number of anilines is 1. The summed E-state index contributed by atoms with van der Waals surface area (Å²) < 4.78 is 0. The number of urea groups is 1. The Hall–Kier alpha value is -2.89. The van der Waals surface area contributed by atoms with E-state index in [1.165, 1.54) is 0 Å². The average Bonchev–Trinajstić information content (AvgIpc) is 2.63. The van der Waals surface area contributed by atoms with Crippen LogP contribution in [0.25, 0.3) is 11.1 Å². The number of carboxylic acid groups (broad SMARTS) is 1. The summed E-state index contributed by atoms with van der Waals surface area (Å²) in [6.45, 7) is 4.60. The highest BCUT2D eigenvalue weighted by Gasteiger charge is 2.32. The van der Waals surface area contributed by atoms with Gasteiger partial charge in [-0.1, -0.05) is 37.3 Å². The smallest absolute Gasteiger partial charge is 0.321 e. The number of hydrogen-bond donors (Lipinski definition) is 2. The highest BCUT2D eigenvalue weighted by molar-refractivity contribution is 5.91. The molecule has 2 heterocycles. The van der Waals surface area contributed by atoms with Crippen LogP contribution >= 0.6 is 0 Å². The van der Waals surface area contributed by atoms with E-state index in [0.717, 1.165) is 16.8 Å². The van der Waals surface area contributed by atoms with Gasteiger partial charge in [0.05, 0.1) is 17.3 Å². The normalized spacial score (nSPS) is 19.8. The van der Waals surface area contributed by atoms with Gasteiger partial charge in [-0.2, -0.15) is 0 Å². The highest BCUT2D eigenvalue weighted by atomic mass is 16.4. The van der Waals surface area contributed by atoms with Crippen molar-refractivity contribution >= 4 is 17.7 Å². The molecule has 2 aromatic rings. The Kier molecular flexibility index (Phi) is 5.21. The number of aliphatic carboxylic acids is 1. The number of carbonyl (C=O) groups excluding carboxylic acids is 1. The number of likely N-dealkylation sites (tertiary alicyclic amines) is 1. The lowest BCUT2D eigenvalue weighted by molar-refractivity contribution is -0.143. The van der Waals surface area contributed by atoms with Crippen LogP contribution in [0.3, 0.4) is 0 Å². The van der Waals surface area contributed by atoms with Crippen LogP contribution in [0.5, 0.6) is 0 Å². The van der Waals surface area contributed by atoms with Crippen LogP contribution in [-0.4, -0.2) is 40.1 Å². The first-order chi connectivity index (χ1) is 12.4. The second kappa shape index (κ2) is 7.56. The zero-order valence-corrected chi connectivity index (χ0v) is 15.0. The van der Waals surface area contributed by atoms with E-state index in [-0.39, 0.29) is 18.5 Å². The van der Waals surface area contributed by atoms with Crippen molar-refractivity contribution in [2.24, 2.45) is 11.8 Å². The second-order valence-electron chi connectivity index (χ2n) is 6.93. The number of hydrogen-bond acceptors (Lipinski definition) is 3. The van der Waals surface area contributed by atoms with Gasteiger partial charge in [-0.25, -0.2) is 4.79 Å². The molecule has 1 aliphatic rings. The summed E-state index contributed by atoms with van der Waals surface area (Å²) >= 11 is 0. The minimum Gasteiger partial charge on any atom is -0.481 e. The van der Waals surface area contributed by atoms with Gasteiger partial charge >= 0.3 is 12.0 Å². The zero-order chi connectivity index (χ0) is 18.7. The van der Waals surface area contributed by atoms with Crippen molar-refractivity contribution < 1.29 is 14.7 Å². The maximum Gasteiger partial charge on any atom is 0.321 e. The zero-order valence-electron chi connectivity index (χ0n) is 15.0. The summed E-state index contributed by atoms with van der Waals surface area (Å²) in [7, 11) is 0. The Morgan fingerprint density at radius 1 is 1.19 bits per heavy atom. The number of amides is 2. The van der Waals surface area contributed by atoms with Crippen LogP contribution in [0.2, 0.25) is 0 Å². The number of aromatic nitrogens is 1. The number of rotatable bonds is 3. The third kappa shape index (κ3) is 4.02. The number of pyridine rings is 1. The molecule has 2 atom stereocenters. The number of benzene rings is 1. The molecule has 1 aromatic carbocycles. The first-order valence-electron chi connectivity index (χ1n) is 8.75. The van der Waals surface area contributed by atoms with E-state index < -0.39 is 11.9 Å². The molecule has 2 N–H and O–H groups in total. The van der Waals surface area contributed by atoms with Crippen molar-refractivity contribution in [3.05, 3.63) is 48.3 Å². The van der Waals surface area contributed by atoms with Crippen molar-refractivity contribution in [2.45, 2.75) is 20.3 Å². The third-order valence-corrected chi connectivity index (χ3v) is 4.73. The van der Waals surface area contributed by atoms with Crippen LogP contribution in [0, 0.1) is 18.8 Å². The molecule has 2 unspecified atom stereocenters. The molecule has 1 aromatic heterocycles. The molecule has 1 aliphatic heterocycles. The van der Waals surface area contributed by atoms with Gasteiger partial charge in [-0.3, -0.25) is 9.78 Å². The first kappa shape index (κ1) is 17.9. The van der Waals surface area contributed by atoms with Gasteiger partial charge in [-0.05, 0) is 30.9 Å². The maximum absolute atomic E-state index is 12.7. The van der Waals surface area contributed by atoms with Gasteiger partial charge in [0.15, 0.2) is 0 Å². The van der Waals surface area contributed by atoms with Crippen LogP contribution in [0.4, 0.5) is 10.5 Å². The summed E-state index contributed by atoms with van der Waals surface area (Å²) in [6, 6.07) is 11.5. The van der Waals surface area contributed by atoms with E-state index in [4.69, 9.17) is 0 Å². The second-order valence-corrected chi connectivity index (χ2v) is 6.93. The van der Waals surface area contributed by atoms with Gasteiger partial charge in [0.2, 0.25) is 0 Å². The predicted molar refractivity (Wildman–Crippen MR) is 99.9 cm³/mol. The van der Waals surface area contributed by atoms with Gasteiger partial charge < -0.3 is 15.3 Å². The molecule has 0 saturated carbocycles. The van der Waals surface area contributed by atoms with Gasteiger partial charge in [-0.15, -0.1) is 0 Å². The van der Waals surface area contributed by atoms with Gasteiger partial charge in [0, 0.05) is 24.8 Å². The Morgan fingerprint density at radius 3 is 2.62 bits per heavy atom. The SMILES string of the molecule is Cc1ncc(-c2ccccc2)cc1NC(=O)N1CC(C)CC(C(=O)O)C1. The van der Waals surface area contributed by atoms with E-state index in [1.807, 2.05) is 50.2 Å². The van der Waals surface area contributed by atoms with Crippen LogP contribution < -0.4 is 5.32 Å². The van der Waals surface area contributed by atoms with Crippen molar-refractivity contribution in [3.8, 4) is 11.1 Å². The third-order valence-electron chi connectivity index (χ3n) is 4.73. The molecule has 0 radical (unpaired) electrons. The largest absolute Gasteiger partial charge is 0.481 e. The molecule has 2 amide bonds. The summed E-state index contributed by atoms with van der Waals surface area (Å²) in [6.07, 6.45) is 2.38. The number of nitrogens with zero attached hydrogens (tertiary/aromatic N) is 2. The lowest BCUT2D eigenvalue weighted by Gasteiger charge is -2.34. The monoisotopic (exact) mass is 353 g/mol. The Morgan fingerprint density at radius 2 is 1.92 bits per heavy atom. The predicted octanol–water partition coefficient (Wildman–Crippen LogP) is 3.63. The molecule has 136 valence electrons. The number of carbonyl (C=O) groups is 2. The summed E-state index contributed by atoms with van der Waals surface area (Å²) in [5.74, 6) is -1.21. The minimum atomic E-state index is -0.849. The van der Waals surface area contributed by atoms with E-state index in [1.54, 1.807) is 11.1 Å². The topological polar surface area (TPSA) is 82.5 Å². The Bertz CT molecular complexity index is 807. The highest BCUT2D eigenvalue weighted by Crippen LogP contribution is 2.25. The maximum atomic E-state index is 12.7. The van der Waals surface area contributed by atoms with Gasteiger partial charge in [0.1, 0.15) is 0 Å². The van der Waals surface area contributed by atoms with Crippen molar-refractivity contribution in [1.29, 1.82) is 0 Å². The van der Waals surface area contributed by atoms with Crippen LogP contribution in [0.1, 0.15) is 19.0 Å². The number of nitrogens with one attached hydrogen (secondary N) is 1. The molecule has 26 heavy (non-hydrogen) atoms. The lowest BCUT2D eigenvalue weighted by Crippen LogP contribution is -2.47. The Labute approximate surface area is 152 Å². The fourth-order valence-corrected chi connectivity index (χ4v) is 3.34. The molecule has 0 bridgehead atoms. The molecule has 0 spiro atoms. The van der Waals surface area contributed by atoms with Crippen LogP contribution in [-0.2, 0) is 4.79 Å². The van der Waals surface area contributed by atoms with Gasteiger partial charge in [0.25, 0.3) is 0 Å². The summed E-state index contributed by atoms with van der Waals surface area (Å²) in [5, 5.41) is 12.2. The molecular formula is C20H23N3O3. The molecule has 6 heteroatoms. The molecular weight excluding hydrogens is 330 g/mol. The lowest BCUT2D eigenvalue weighted by atomic mass is 9.91. The number of aryl methyl sites for hydroxylation is 1. The van der Waals surface area contributed by atoms with E-state index >= 15 is 0 Å². The summed E-state index contributed by atoms with van der Waals surface area (Å²) in [4.78, 5) is 30.0. The molecule has 3 rings (SSSR count). The van der Waals surface area contributed by atoms with E-state index in [9.17, 15) is 14.7 Å². The molecule has 1 saturated heterocycles. The standard InChI is InChI=1S/C20H23N3O3/c1-13-8-17(19(24)25)12-23(11-13)20(26)22-18-9-16(10-21-14(18)2)15-6-4-3-5-7-15/h3-7,9-10,13,17H,8,11-12H2,1-2H3,(H,22,26)(H,24,25). The van der Waals surface area contributed by atoms with Crippen molar-refractivity contribution in [2.75, 3.05) is 18.4 Å². The van der Waals surface area contributed by atoms with Crippen molar-refractivity contribution in [1.82, 2.24) is 9.88 Å². The number of piperidine rings is 1. The van der Waals surface area contributed by atoms with E-state index in [2.05, 4.69) is 10.3 Å². The Balaban J connectivity index is 1.77. The summed E-state index contributed by atoms with van der Waals surface area (Å²) in [5.41, 5.74) is 3.30. The number of carboxylic acids is 1. The van der Waals surface area contributed by atoms with Crippen molar-refractivity contribution in [3.63, 3.8) is 0 Å².